The molecule has 3 rings (SSSR count). The van der Waals surface area contributed by atoms with Crippen LogP contribution in [0.25, 0.3) is 0 Å². The molecule has 2 atom stereocenters. The molecule has 0 aromatic carbocycles. The van der Waals surface area contributed by atoms with Crippen molar-refractivity contribution in [3.8, 4) is 0 Å². The number of rotatable bonds is 4. The Morgan fingerprint density at radius 2 is 2.30 bits per heavy atom. The molecular formula is C13H12ClN3O6. The molecule has 0 bridgehead atoms. The summed E-state index contributed by atoms with van der Waals surface area (Å²) >= 11 is 5.59. The highest BCUT2D eigenvalue weighted by Gasteiger charge is 2.54. The van der Waals surface area contributed by atoms with E-state index in [-0.39, 0.29) is 35.4 Å². The predicted molar refractivity (Wildman–Crippen MR) is 74.1 cm³/mol. The standard InChI is InChI=1S/C13H12ClN3O6/c1-5-11(13(20)21)17-7(4-22-5)10(12(17)19)15-9(18)3-6-2-8(14)16-23-6/h2,7,10H,3-4H2,1H3,(H,15,18)(H,20,21)/t7-,10-/m1/s1. The van der Waals surface area contributed by atoms with Crippen molar-refractivity contribution >= 4 is 29.4 Å². The summed E-state index contributed by atoms with van der Waals surface area (Å²) in [6.45, 7) is 1.60. The number of β-lactam (4-membered cyclic amide) rings is 1. The van der Waals surface area contributed by atoms with Crippen LogP contribution >= 0.6 is 11.6 Å². The van der Waals surface area contributed by atoms with E-state index in [1.54, 1.807) is 0 Å². The van der Waals surface area contributed by atoms with E-state index < -0.39 is 29.9 Å². The Labute approximate surface area is 134 Å². The van der Waals surface area contributed by atoms with Crippen LogP contribution < -0.4 is 5.32 Å². The first-order valence-corrected chi connectivity index (χ1v) is 7.06. The summed E-state index contributed by atoms with van der Waals surface area (Å²) in [7, 11) is 0. The number of nitrogens with one attached hydrogen (secondary N) is 1. The summed E-state index contributed by atoms with van der Waals surface area (Å²) in [5.74, 6) is -1.76. The van der Waals surface area contributed by atoms with Gasteiger partial charge in [-0.05, 0) is 6.92 Å². The number of carboxylic acid groups (broad SMARTS) is 1. The second-order valence-corrected chi connectivity index (χ2v) is 5.52. The maximum absolute atomic E-state index is 12.1. The van der Waals surface area contributed by atoms with Gasteiger partial charge in [0.1, 0.15) is 30.2 Å². The second kappa shape index (κ2) is 5.58. The van der Waals surface area contributed by atoms with E-state index in [1.807, 2.05) is 0 Å². The average Bonchev–Trinajstić information content (AvgIpc) is 2.89. The molecule has 1 aromatic rings. The van der Waals surface area contributed by atoms with E-state index in [0.29, 0.717) is 0 Å². The number of hydrogen-bond acceptors (Lipinski definition) is 6. The minimum atomic E-state index is -1.25. The normalized spacial score (nSPS) is 23.0. The molecule has 2 aliphatic heterocycles. The highest BCUT2D eigenvalue weighted by Crippen LogP contribution is 2.32. The second-order valence-electron chi connectivity index (χ2n) is 5.13. The number of nitrogens with zero attached hydrogens (tertiary/aromatic N) is 2. The smallest absolute Gasteiger partial charge is 0.356 e. The minimum absolute atomic E-state index is 0.118. The van der Waals surface area contributed by atoms with Crippen LogP contribution in [0.5, 0.6) is 0 Å². The number of fused-ring (bicyclic) bond motifs is 1. The zero-order valence-corrected chi connectivity index (χ0v) is 12.7. The lowest BCUT2D eigenvalue weighted by Crippen LogP contribution is -2.73. The van der Waals surface area contributed by atoms with Gasteiger partial charge < -0.3 is 19.7 Å². The molecule has 0 aliphatic carbocycles. The SMILES string of the molecule is CC1=C(C(=O)O)N2C(=O)[C@H](NC(=O)Cc3cc(Cl)no3)[C@H]2CO1. The minimum Gasteiger partial charge on any atom is -0.494 e. The van der Waals surface area contributed by atoms with Crippen LogP contribution in [0.15, 0.2) is 22.0 Å². The summed E-state index contributed by atoms with van der Waals surface area (Å²) in [5, 5.41) is 15.3. The largest absolute Gasteiger partial charge is 0.494 e. The van der Waals surface area contributed by atoms with Crippen molar-refractivity contribution < 1.29 is 28.8 Å². The molecule has 0 unspecified atom stereocenters. The number of carbonyl (C=O) groups is 3. The van der Waals surface area contributed by atoms with Crippen molar-refractivity contribution in [3.05, 3.63) is 28.4 Å². The molecule has 9 nitrogen and oxygen atoms in total. The van der Waals surface area contributed by atoms with Crippen LogP contribution in [0, 0.1) is 0 Å². The highest BCUT2D eigenvalue weighted by molar-refractivity contribution is 6.29. The average molecular weight is 342 g/mol. The van der Waals surface area contributed by atoms with Crippen molar-refractivity contribution in [2.24, 2.45) is 0 Å². The first-order chi connectivity index (χ1) is 10.9. The van der Waals surface area contributed by atoms with Crippen LogP contribution in [-0.2, 0) is 25.5 Å². The fourth-order valence-electron chi connectivity index (χ4n) is 2.61. The molecule has 23 heavy (non-hydrogen) atoms. The Balaban J connectivity index is 1.66. The molecular weight excluding hydrogens is 330 g/mol. The number of allylic oxidation sites excluding steroid dienone is 1. The summed E-state index contributed by atoms with van der Waals surface area (Å²) in [4.78, 5) is 36.5. The Kier molecular flexibility index (Phi) is 3.72. The highest BCUT2D eigenvalue weighted by atomic mass is 35.5. The lowest BCUT2D eigenvalue weighted by molar-refractivity contribution is -0.160. The quantitative estimate of drug-likeness (QED) is 0.734. The van der Waals surface area contributed by atoms with Gasteiger partial charge in [-0.1, -0.05) is 16.8 Å². The number of carboxylic acids is 1. The number of amides is 2. The van der Waals surface area contributed by atoms with Crippen LogP contribution in [0.1, 0.15) is 12.7 Å². The molecule has 3 heterocycles. The number of hydrogen-bond donors (Lipinski definition) is 2. The molecule has 122 valence electrons. The maximum Gasteiger partial charge on any atom is 0.356 e. The van der Waals surface area contributed by atoms with Crippen LogP contribution in [0.3, 0.4) is 0 Å². The van der Waals surface area contributed by atoms with Crippen molar-refractivity contribution in [1.29, 1.82) is 0 Å². The van der Waals surface area contributed by atoms with Gasteiger partial charge >= 0.3 is 5.97 Å². The number of aromatic nitrogens is 1. The van der Waals surface area contributed by atoms with E-state index in [9.17, 15) is 14.4 Å². The van der Waals surface area contributed by atoms with Gasteiger partial charge in [-0.2, -0.15) is 0 Å². The molecule has 1 aromatic heterocycles. The number of carbonyl (C=O) groups excluding carboxylic acids is 2. The lowest BCUT2D eigenvalue weighted by Gasteiger charge is -2.49. The Morgan fingerprint density at radius 3 is 2.91 bits per heavy atom. The van der Waals surface area contributed by atoms with E-state index in [4.69, 9.17) is 26.0 Å². The van der Waals surface area contributed by atoms with Crippen molar-refractivity contribution in [1.82, 2.24) is 15.4 Å². The number of ether oxygens (including phenoxy) is 1. The fraction of sp³-hybridized carbons (Fsp3) is 0.385. The first kappa shape index (κ1) is 15.3. The maximum atomic E-state index is 12.1. The van der Waals surface area contributed by atoms with E-state index >= 15 is 0 Å². The lowest BCUT2D eigenvalue weighted by atomic mass is 9.92. The van der Waals surface area contributed by atoms with Crippen LogP contribution in [0.2, 0.25) is 5.15 Å². The van der Waals surface area contributed by atoms with E-state index in [1.165, 1.54) is 13.0 Å². The Morgan fingerprint density at radius 1 is 1.57 bits per heavy atom. The molecule has 0 spiro atoms. The molecule has 1 saturated heterocycles. The van der Waals surface area contributed by atoms with Gasteiger partial charge in [0.05, 0.1) is 6.42 Å². The van der Waals surface area contributed by atoms with Crippen molar-refractivity contribution in [2.45, 2.75) is 25.4 Å². The molecule has 2 aliphatic rings. The van der Waals surface area contributed by atoms with Crippen molar-refractivity contribution in [3.63, 3.8) is 0 Å². The van der Waals surface area contributed by atoms with Gasteiger partial charge in [0.15, 0.2) is 10.9 Å². The molecule has 10 heteroatoms. The van der Waals surface area contributed by atoms with Crippen LogP contribution in [-0.4, -0.2) is 51.6 Å². The summed E-state index contributed by atoms with van der Waals surface area (Å²) in [6, 6.07) is 0.0249. The van der Waals surface area contributed by atoms with Gasteiger partial charge in [0.2, 0.25) is 5.91 Å². The van der Waals surface area contributed by atoms with E-state index in [0.717, 1.165) is 4.90 Å². The predicted octanol–water partition coefficient (Wildman–Crippen LogP) is -0.0876. The monoisotopic (exact) mass is 341 g/mol. The van der Waals surface area contributed by atoms with Gasteiger partial charge in [-0.15, -0.1) is 0 Å². The molecule has 2 amide bonds. The van der Waals surface area contributed by atoms with Gasteiger partial charge in [-0.3, -0.25) is 14.5 Å². The number of halogens is 1. The third-order valence-electron chi connectivity index (χ3n) is 3.65. The summed E-state index contributed by atoms with van der Waals surface area (Å²) in [6.07, 6.45) is -0.127. The summed E-state index contributed by atoms with van der Waals surface area (Å²) < 4.78 is 10.1. The third kappa shape index (κ3) is 2.63. The first-order valence-electron chi connectivity index (χ1n) is 6.69. The molecule has 1 fully saturated rings. The zero-order valence-electron chi connectivity index (χ0n) is 11.9. The van der Waals surface area contributed by atoms with E-state index in [2.05, 4.69) is 10.5 Å². The third-order valence-corrected chi connectivity index (χ3v) is 3.83. The van der Waals surface area contributed by atoms with Gasteiger partial charge in [-0.25, -0.2) is 4.79 Å². The zero-order chi connectivity index (χ0) is 16.7. The number of aliphatic carboxylic acids is 1. The topological polar surface area (TPSA) is 122 Å². The molecule has 0 saturated carbocycles. The van der Waals surface area contributed by atoms with Gasteiger partial charge in [0, 0.05) is 6.07 Å². The van der Waals surface area contributed by atoms with Crippen molar-refractivity contribution in [2.75, 3.05) is 6.61 Å². The molecule has 2 N–H and O–H groups in total. The van der Waals surface area contributed by atoms with Gasteiger partial charge in [0.25, 0.3) is 5.91 Å². The fourth-order valence-corrected chi connectivity index (χ4v) is 2.76. The Hall–Kier alpha value is -2.55. The Bertz CT molecular complexity index is 727. The van der Waals surface area contributed by atoms with Crippen LogP contribution in [0.4, 0.5) is 0 Å². The summed E-state index contributed by atoms with van der Waals surface area (Å²) in [5.41, 5.74) is -0.196. The molecule has 0 radical (unpaired) electrons.